The van der Waals surface area contributed by atoms with Gasteiger partial charge in [0.2, 0.25) is 0 Å². The molecule has 0 aliphatic rings. The fourth-order valence-electron chi connectivity index (χ4n) is 0.592. The van der Waals surface area contributed by atoms with Gasteiger partial charge in [-0.3, -0.25) is 4.79 Å². The van der Waals surface area contributed by atoms with Crippen LogP contribution in [-0.2, 0) is 9.53 Å². The molecule has 0 spiro atoms. The van der Waals surface area contributed by atoms with E-state index in [1.54, 1.807) is 25.2 Å². The lowest BCUT2D eigenvalue weighted by Crippen LogP contribution is -2.04. The number of hydrogen-bond donors (Lipinski definition) is 0. The first-order valence-electron chi connectivity index (χ1n) is 3.84. The average Bonchev–Trinajstić information content (AvgIpc) is 2.11. The molecule has 0 heterocycles. The van der Waals surface area contributed by atoms with Crippen molar-refractivity contribution >= 4 is 5.97 Å². The fourth-order valence-corrected chi connectivity index (χ4v) is 0.592. The number of rotatable bonds is 5. The number of hydrogen-bond acceptors (Lipinski definition) is 2. The van der Waals surface area contributed by atoms with Gasteiger partial charge in [-0.25, -0.2) is 0 Å². The topological polar surface area (TPSA) is 26.3 Å². The zero-order valence-corrected chi connectivity index (χ0v) is 7.38. The van der Waals surface area contributed by atoms with Crippen LogP contribution in [0, 0.1) is 0 Å². The molecule has 0 atom stereocenters. The molecule has 0 aromatic carbocycles. The summed E-state index contributed by atoms with van der Waals surface area (Å²) in [6.45, 7) is 9.14. The molecule has 0 aliphatic carbocycles. The maximum atomic E-state index is 10.7. The Balaban J connectivity index is 3.88. The number of esters is 1. The highest BCUT2D eigenvalue weighted by Crippen LogP contribution is 1.98. The number of allylic oxidation sites excluding steroid dienone is 2. The van der Waals surface area contributed by atoms with Crippen LogP contribution in [0.1, 0.15) is 13.3 Å². The van der Waals surface area contributed by atoms with Crippen LogP contribution in [0.25, 0.3) is 0 Å². The molecule has 2 heteroatoms. The lowest BCUT2D eigenvalue weighted by molar-refractivity contribution is -0.142. The zero-order valence-electron chi connectivity index (χ0n) is 7.38. The Labute approximate surface area is 73.2 Å². The second kappa shape index (κ2) is 6.40. The van der Waals surface area contributed by atoms with Gasteiger partial charge in [0.15, 0.2) is 0 Å². The molecule has 12 heavy (non-hydrogen) atoms. The molecular weight excluding hydrogens is 152 g/mol. The van der Waals surface area contributed by atoms with Crippen LogP contribution in [0.2, 0.25) is 0 Å². The van der Waals surface area contributed by atoms with Crippen molar-refractivity contribution in [1.29, 1.82) is 0 Å². The van der Waals surface area contributed by atoms with Gasteiger partial charge in [-0.1, -0.05) is 38.3 Å². The van der Waals surface area contributed by atoms with Crippen molar-refractivity contribution < 1.29 is 9.53 Å². The van der Waals surface area contributed by atoms with Crippen LogP contribution >= 0.6 is 0 Å². The highest BCUT2D eigenvalue weighted by molar-refractivity contribution is 5.69. The van der Waals surface area contributed by atoms with E-state index < -0.39 is 0 Å². The van der Waals surface area contributed by atoms with E-state index in [2.05, 4.69) is 13.2 Å². The Hall–Kier alpha value is -1.31. The maximum Gasteiger partial charge on any atom is 0.305 e. The molecular formula is C10H14O2. The van der Waals surface area contributed by atoms with Crippen molar-refractivity contribution in [2.24, 2.45) is 0 Å². The molecule has 0 amide bonds. The monoisotopic (exact) mass is 166 g/mol. The second-order valence-electron chi connectivity index (χ2n) is 2.20. The van der Waals surface area contributed by atoms with Crippen molar-refractivity contribution in [2.75, 3.05) is 6.61 Å². The SMILES string of the molecule is C=C/C=C(\C=C)COC(=O)CC. The van der Waals surface area contributed by atoms with Gasteiger partial charge in [0.05, 0.1) is 0 Å². The van der Waals surface area contributed by atoms with Crippen LogP contribution in [0.15, 0.2) is 37.0 Å². The molecule has 0 aromatic rings. The molecule has 0 unspecified atom stereocenters. The van der Waals surface area contributed by atoms with E-state index in [-0.39, 0.29) is 12.6 Å². The normalized spacial score (nSPS) is 10.6. The highest BCUT2D eigenvalue weighted by Gasteiger charge is 1.97. The molecule has 2 nitrogen and oxygen atoms in total. The Bertz CT molecular complexity index is 202. The van der Waals surface area contributed by atoms with Crippen molar-refractivity contribution in [1.82, 2.24) is 0 Å². The summed E-state index contributed by atoms with van der Waals surface area (Å²) in [5, 5.41) is 0. The van der Waals surface area contributed by atoms with Crippen LogP contribution in [0.3, 0.4) is 0 Å². The summed E-state index contributed by atoms with van der Waals surface area (Å²) < 4.78 is 4.87. The Morgan fingerprint density at radius 2 is 2.17 bits per heavy atom. The summed E-state index contributed by atoms with van der Waals surface area (Å²) >= 11 is 0. The molecule has 0 saturated carbocycles. The van der Waals surface area contributed by atoms with Crippen molar-refractivity contribution in [2.45, 2.75) is 13.3 Å². The van der Waals surface area contributed by atoms with Gasteiger partial charge in [-0.05, 0) is 5.57 Å². The quantitative estimate of drug-likeness (QED) is 0.462. The van der Waals surface area contributed by atoms with E-state index in [1.807, 2.05) is 0 Å². The van der Waals surface area contributed by atoms with E-state index in [0.29, 0.717) is 6.42 Å². The lowest BCUT2D eigenvalue weighted by atomic mass is 10.2. The van der Waals surface area contributed by atoms with Gasteiger partial charge < -0.3 is 4.74 Å². The predicted molar refractivity (Wildman–Crippen MR) is 49.7 cm³/mol. The number of carbonyl (C=O) groups is 1. The summed E-state index contributed by atoms with van der Waals surface area (Å²) in [5.41, 5.74) is 0.854. The molecule has 0 fully saturated rings. The van der Waals surface area contributed by atoms with Gasteiger partial charge in [-0.2, -0.15) is 0 Å². The third-order valence-electron chi connectivity index (χ3n) is 1.28. The third kappa shape index (κ3) is 4.50. The summed E-state index contributed by atoms with van der Waals surface area (Å²) in [7, 11) is 0. The van der Waals surface area contributed by atoms with Gasteiger partial charge in [0, 0.05) is 6.42 Å². The first-order chi connectivity index (χ1) is 5.74. The molecule has 0 radical (unpaired) electrons. The zero-order chi connectivity index (χ0) is 9.40. The lowest BCUT2D eigenvalue weighted by Gasteiger charge is -2.02. The Kier molecular flexibility index (Phi) is 5.70. The van der Waals surface area contributed by atoms with E-state index in [9.17, 15) is 4.79 Å². The van der Waals surface area contributed by atoms with Crippen LogP contribution in [-0.4, -0.2) is 12.6 Å². The third-order valence-corrected chi connectivity index (χ3v) is 1.28. The van der Waals surface area contributed by atoms with Crippen LogP contribution in [0.5, 0.6) is 0 Å². The van der Waals surface area contributed by atoms with Gasteiger partial charge >= 0.3 is 5.97 Å². The second-order valence-corrected chi connectivity index (χ2v) is 2.20. The maximum absolute atomic E-state index is 10.7. The smallest absolute Gasteiger partial charge is 0.305 e. The summed E-state index contributed by atoms with van der Waals surface area (Å²) in [5.74, 6) is -0.202. The van der Waals surface area contributed by atoms with Crippen molar-refractivity contribution in [3.63, 3.8) is 0 Å². The van der Waals surface area contributed by atoms with E-state index in [0.717, 1.165) is 5.57 Å². The molecule has 0 aliphatic heterocycles. The first-order valence-corrected chi connectivity index (χ1v) is 3.84. The highest BCUT2D eigenvalue weighted by atomic mass is 16.5. The average molecular weight is 166 g/mol. The molecule has 0 aromatic heterocycles. The Morgan fingerprint density at radius 3 is 2.58 bits per heavy atom. The number of ether oxygens (including phenoxy) is 1. The first kappa shape index (κ1) is 10.7. The largest absolute Gasteiger partial charge is 0.461 e. The van der Waals surface area contributed by atoms with Gasteiger partial charge in [-0.15, -0.1) is 0 Å². The van der Waals surface area contributed by atoms with Crippen molar-refractivity contribution in [3.05, 3.63) is 37.0 Å². The van der Waals surface area contributed by atoms with Gasteiger partial charge in [0.1, 0.15) is 6.61 Å². The minimum Gasteiger partial charge on any atom is -0.461 e. The standard InChI is InChI=1S/C10H14O2/c1-4-7-9(5-2)8-12-10(11)6-3/h4-5,7H,1-2,6,8H2,3H3/b9-7+. The predicted octanol–water partition coefficient (Wildman–Crippen LogP) is 2.24. The minimum atomic E-state index is -0.202. The molecule has 0 saturated heterocycles. The van der Waals surface area contributed by atoms with Crippen LogP contribution in [0.4, 0.5) is 0 Å². The molecule has 66 valence electrons. The molecule has 0 rings (SSSR count). The fraction of sp³-hybridized carbons (Fsp3) is 0.300. The summed E-state index contributed by atoms with van der Waals surface area (Å²) in [6, 6.07) is 0. The minimum absolute atomic E-state index is 0.202. The number of carbonyl (C=O) groups excluding carboxylic acids is 1. The molecule has 0 N–H and O–H groups in total. The van der Waals surface area contributed by atoms with Crippen molar-refractivity contribution in [3.8, 4) is 0 Å². The van der Waals surface area contributed by atoms with E-state index in [1.165, 1.54) is 0 Å². The Morgan fingerprint density at radius 1 is 1.50 bits per heavy atom. The van der Waals surface area contributed by atoms with Crippen LogP contribution < -0.4 is 0 Å². The summed E-state index contributed by atoms with van der Waals surface area (Å²) in [4.78, 5) is 10.7. The summed E-state index contributed by atoms with van der Waals surface area (Å²) in [6.07, 6.45) is 5.44. The van der Waals surface area contributed by atoms with Gasteiger partial charge in [0.25, 0.3) is 0 Å². The van der Waals surface area contributed by atoms with E-state index in [4.69, 9.17) is 4.74 Å². The molecule has 0 bridgehead atoms. The van der Waals surface area contributed by atoms with E-state index >= 15 is 0 Å².